The summed E-state index contributed by atoms with van der Waals surface area (Å²) in [4.78, 5) is 23.9. The second kappa shape index (κ2) is 12.2. The fourth-order valence-electron chi connectivity index (χ4n) is 5.40. The molecule has 242 valence electrons. The monoisotopic (exact) mass is 682 g/mol. The molecule has 0 heterocycles. The molecule has 12 nitrogen and oxygen atoms in total. The minimum absolute atomic E-state index is 0.0790. The second-order valence-electron chi connectivity index (χ2n) is 11.0. The average molecular weight is 683 g/mol. The molecule has 0 aromatic heterocycles. The highest BCUT2D eigenvalue weighted by Gasteiger charge is 2.27. The van der Waals surface area contributed by atoms with E-state index in [4.69, 9.17) is 0 Å². The Balaban J connectivity index is 1.43. The number of ketones is 2. The SMILES string of the molecule is Cc1cc(-c2cc(C)c(NN=C3C(=O)C=Cc4ccccc43)cc2S(=O)(=O)O)c(S(=O)(=O)O)cc1NN=C1C(=O)C=Cc2ccccc21. The maximum Gasteiger partial charge on any atom is 0.295 e. The lowest BCUT2D eigenvalue weighted by atomic mass is 9.95. The lowest BCUT2D eigenvalue weighted by molar-refractivity contribution is -0.109. The van der Waals surface area contributed by atoms with Crippen molar-refractivity contribution in [1.29, 1.82) is 0 Å². The zero-order valence-corrected chi connectivity index (χ0v) is 26.9. The molecule has 0 amide bonds. The largest absolute Gasteiger partial charge is 0.295 e. The summed E-state index contributed by atoms with van der Waals surface area (Å²) in [5.74, 6) is -0.766. The van der Waals surface area contributed by atoms with E-state index in [1.165, 1.54) is 24.3 Å². The van der Waals surface area contributed by atoms with Gasteiger partial charge in [-0.2, -0.15) is 27.0 Å². The predicted octanol–water partition coefficient (Wildman–Crippen LogP) is 5.29. The Morgan fingerprint density at radius 1 is 0.542 bits per heavy atom. The number of carbonyl (C=O) groups excluding carboxylic acids is 2. The van der Waals surface area contributed by atoms with E-state index in [1.54, 1.807) is 74.5 Å². The summed E-state index contributed by atoms with van der Waals surface area (Å²) >= 11 is 0. The molecular weight excluding hydrogens is 657 g/mol. The standard InChI is InChI=1S/C34H26N4O8S2/c1-19-15-25(31(47(41,42)43)17-27(19)35-37-33-23-9-5-3-7-21(23)11-13-29(33)39)26-16-20(2)28(18-32(26)48(44,45)46)36-38-34-24-10-6-4-8-22(24)12-14-30(34)40/h3-18,35-36H,1-2H3,(H,41,42,43)(H,44,45,46). The molecule has 4 aromatic carbocycles. The molecule has 0 unspecified atom stereocenters. The summed E-state index contributed by atoms with van der Waals surface area (Å²) in [7, 11) is -9.98. The van der Waals surface area contributed by atoms with Gasteiger partial charge in [0.1, 0.15) is 21.2 Å². The summed E-state index contributed by atoms with van der Waals surface area (Å²) in [5.41, 5.74) is 8.66. The minimum atomic E-state index is -4.99. The fourth-order valence-corrected chi connectivity index (χ4v) is 6.83. The van der Waals surface area contributed by atoms with Gasteiger partial charge >= 0.3 is 0 Å². The molecule has 2 aliphatic carbocycles. The topological polar surface area (TPSA) is 192 Å². The third kappa shape index (κ3) is 6.24. The third-order valence-electron chi connectivity index (χ3n) is 7.80. The summed E-state index contributed by atoms with van der Waals surface area (Å²) in [6.07, 6.45) is 6.02. The summed E-state index contributed by atoms with van der Waals surface area (Å²) < 4.78 is 71.2. The van der Waals surface area contributed by atoms with Crippen LogP contribution in [0.25, 0.3) is 23.3 Å². The van der Waals surface area contributed by atoms with Gasteiger partial charge in [-0.3, -0.25) is 29.5 Å². The molecule has 6 rings (SSSR count). The van der Waals surface area contributed by atoms with Crippen LogP contribution in [-0.2, 0) is 29.8 Å². The van der Waals surface area contributed by atoms with E-state index >= 15 is 0 Å². The molecule has 2 aliphatic rings. The molecule has 0 radical (unpaired) electrons. The molecule has 48 heavy (non-hydrogen) atoms. The molecule has 0 bridgehead atoms. The Labute approximate surface area is 275 Å². The van der Waals surface area contributed by atoms with Gasteiger partial charge in [-0.25, -0.2) is 0 Å². The Morgan fingerprint density at radius 3 is 1.29 bits per heavy atom. The number of nitrogens with zero attached hydrogens (tertiary/aromatic N) is 2. The van der Waals surface area contributed by atoms with Crippen LogP contribution in [0.1, 0.15) is 33.4 Å². The van der Waals surface area contributed by atoms with Gasteiger partial charge in [-0.15, -0.1) is 0 Å². The van der Waals surface area contributed by atoms with Crippen molar-refractivity contribution in [2.75, 3.05) is 10.9 Å². The van der Waals surface area contributed by atoms with E-state index in [0.29, 0.717) is 22.3 Å². The third-order valence-corrected chi connectivity index (χ3v) is 9.59. The van der Waals surface area contributed by atoms with Gasteiger partial charge in [0.2, 0.25) is 11.6 Å². The number of hydrogen-bond acceptors (Lipinski definition) is 10. The van der Waals surface area contributed by atoms with Crippen molar-refractivity contribution >= 4 is 66.8 Å². The average Bonchev–Trinajstić information content (AvgIpc) is 3.03. The summed E-state index contributed by atoms with van der Waals surface area (Å²) in [5, 5.41) is 8.46. The maximum absolute atomic E-state index is 12.7. The second-order valence-corrected chi connectivity index (χ2v) is 13.8. The smallest absolute Gasteiger partial charge is 0.287 e. The summed E-state index contributed by atoms with van der Waals surface area (Å²) in [6.45, 7) is 3.16. The number of aryl methyl sites for hydroxylation is 2. The van der Waals surface area contributed by atoms with Crippen molar-refractivity contribution in [1.82, 2.24) is 0 Å². The molecule has 0 saturated carbocycles. The Morgan fingerprint density at radius 2 is 0.917 bits per heavy atom. The molecular formula is C34H26N4O8S2. The highest BCUT2D eigenvalue weighted by molar-refractivity contribution is 7.86. The van der Waals surface area contributed by atoms with Crippen LogP contribution in [0.15, 0.2) is 105 Å². The van der Waals surface area contributed by atoms with Crippen LogP contribution < -0.4 is 10.9 Å². The number of hydrazone groups is 2. The van der Waals surface area contributed by atoms with Gasteiger partial charge in [0.25, 0.3) is 20.2 Å². The van der Waals surface area contributed by atoms with Crippen molar-refractivity contribution in [2.45, 2.75) is 23.6 Å². The molecule has 0 fully saturated rings. The molecule has 14 heteroatoms. The van der Waals surface area contributed by atoms with E-state index in [9.17, 15) is 35.5 Å². The van der Waals surface area contributed by atoms with Gasteiger partial charge in [-0.1, -0.05) is 60.7 Å². The van der Waals surface area contributed by atoms with Crippen LogP contribution in [0.5, 0.6) is 0 Å². The van der Waals surface area contributed by atoms with Crippen LogP contribution in [0.4, 0.5) is 11.4 Å². The molecule has 0 aliphatic heterocycles. The Bertz CT molecular complexity index is 2240. The Kier molecular flexibility index (Phi) is 8.26. The number of hydrogen-bond donors (Lipinski definition) is 4. The van der Waals surface area contributed by atoms with Crippen molar-refractivity contribution in [3.05, 3.63) is 118 Å². The van der Waals surface area contributed by atoms with E-state index < -0.39 is 30.0 Å². The first kappa shape index (κ1) is 32.4. The van der Waals surface area contributed by atoms with E-state index in [2.05, 4.69) is 21.1 Å². The number of rotatable bonds is 7. The van der Waals surface area contributed by atoms with Crippen molar-refractivity contribution in [3.63, 3.8) is 0 Å². The predicted molar refractivity (Wildman–Crippen MR) is 182 cm³/mol. The number of nitrogens with one attached hydrogen (secondary N) is 2. The van der Waals surface area contributed by atoms with Gasteiger partial charge in [0.05, 0.1) is 11.4 Å². The number of carbonyl (C=O) groups is 2. The number of benzene rings is 4. The molecule has 4 N–H and O–H groups in total. The van der Waals surface area contributed by atoms with Crippen molar-refractivity contribution in [2.24, 2.45) is 10.2 Å². The van der Waals surface area contributed by atoms with Crippen LogP contribution in [0.3, 0.4) is 0 Å². The van der Waals surface area contributed by atoms with Crippen LogP contribution in [0.2, 0.25) is 0 Å². The van der Waals surface area contributed by atoms with Crippen molar-refractivity contribution in [3.8, 4) is 11.1 Å². The number of allylic oxidation sites excluding steroid dienone is 2. The maximum atomic E-state index is 12.7. The summed E-state index contributed by atoms with van der Waals surface area (Å²) in [6, 6.07) is 18.9. The highest BCUT2D eigenvalue weighted by Crippen LogP contribution is 2.39. The lowest BCUT2D eigenvalue weighted by Crippen LogP contribution is -2.19. The lowest BCUT2D eigenvalue weighted by Gasteiger charge is -2.18. The fraction of sp³-hybridized carbons (Fsp3) is 0.0588. The highest BCUT2D eigenvalue weighted by atomic mass is 32.2. The van der Waals surface area contributed by atoms with E-state index in [0.717, 1.165) is 23.3 Å². The Hall–Kier alpha value is -5.54. The van der Waals surface area contributed by atoms with Crippen LogP contribution in [0, 0.1) is 13.8 Å². The van der Waals surface area contributed by atoms with E-state index in [1.807, 2.05) is 0 Å². The zero-order valence-electron chi connectivity index (χ0n) is 25.3. The van der Waals surface area contributed by atoms with Gasteiger partial charge in [0, 0.05) is 22.3 Å². The van der Waals surface area contributed by atoms with Crippen LogP contribution in [-0.4, -0.2) is 48.9 Å². The molecule has 4 aromatic rings. The molecule has 0 atom stereocenters. The van der Waals surface area contributed by atoms with E-state index in [-0.39, 0.29) is 45.5 Å². The normalized spacial score (nSPS) is 15.8. The number of anilines is 2. The van der Waals surface area contributed by atoms with Crippen LogP contribution >= 0.6 is 0 Å². The quantitative estimate of drug-likeness (QED) is 0.147. The van der Waals surface area contributed by atoms with Gasteiger partial charge in [0.15, 0.2) is 0 Å². The van der Waals surface area contributed by atoms with Crippen molar-refractivity contribution < 1.29 is 35.5 Å². The van der Waals surface area contributed by atoms with Gasteiger partial charge < -0.3 is 0 Å². The molecule has 0 saturated heterocycles. The first-order valence-electron chi connectivity index (χ1n) is 14.3. The first-order chi connectivity index (χ1) is 22.7. The zero-order chi connectivity index (χ0) is 34.4. The first-order valence-corrected chi connectivity index (χ1v) is 17.2. The van der Waals surface area contributed by atoms with Gasteiger partial charge in [-0.05, 0) is 72.5 Å². The number of fused-ring (bicyclic) bond motifs is 2. The minimum Gasteiger partial charge on any atom is -0.287 e. The molecule has 0 spiro atoms.